The van der Waals surface area contributed by atoms with Crippen LogP contribution in [0.4, 0.5) is 0 Å². The lowest BCUT2D eigenvalue weighted by molar-refractivity contribution is -0.143. The van der Waals surface area contributed by atoms with Crippen LogP contribution in [0, 0.1) is 0 Å². The molecule has 8 heteroatoms. The Kier molecular flexibility index (Phi) is 5.62. The van der Waals surface area contributed by atoms with Crippen molar-refractivity contribution in [3.8, 4) is 0 Å². The molecule has 0 saturated carbocycles. The molecule has 4 N–H and O–H groups in total. The molecule has 0 radical (unpaired) electrons. The molecule has 1 aliphatic carbocycles. The second kappa shape index (κ2) is 7.21. The van der Waals surface area contributed by atoms with Gasteiger partial charge in [0, 0.05) is 0 Å². The van der Waals surface area contributed by atoms with E-state index in [2.05, 4.69) is 0 Å². The Morgan fingerprint density at radius 2 is 1.05 bits per heavy atom. The predicted octanol–water partition coefficient (Wildman–Crippen LogP) is 1.12. The summed E-state index contributed by atoms with van der Waals surface area (Å²) in [6, 6.07) is 2.73. The van der Waals surface area contributed by atoms with Crippen molar-refractivity contribution >= 4 is 23.9 Å². The highest BCUT2D eigenvalue weighted by Crippen LogP contribution is 2.30. The monoisotopic (exact) mass is 310 g/mol. The number of hydrogen-bond donors (Lipinski definition) is 4. The molecule has 8 nitrogen and oxygen atoms in total. The Balaban J connectivity index is 0.000000261. The second-order valence-corrected chi connectivity index (χ2v) is 4.52. The minimum Gasteiger partial charge on any atom is -0.481 e. The number of rotatable bonds is 5. The van der Waals surface area contributed by atoms with Gasteiger partial charge in [0.25, 0.3) is 0 Å². The number of carboxylic acid groups (broad SMARTS) is 4. The van der Waals surface area contributed by atoms with Crippen LogP contribution in [0.2, 0.25) is 0 Å². The largest absolute Gasteiger partial charge is 0.481 e. The lowest BCUT2D eigenvalue weighted by Gasteiger charge is -2.22. The van der Waals surface area contributed by atoms with Crippen molar-refractivity contribution in [2.24, 2.45) is 0 Å². The van der Waals surface area contributed by atoms with Crippen molar-refractivity contribution in [3.63, 3.8) is 0 Å². The Bertz CT molecular complexity index is 577. The molecule has 22 heavy (non-hydrogen) atoms. The lowest BCUT2D eigenvalue weighted by atomic mass is 9.81. The molecule has 0 saturated heterocycles. The molecular formula is C14H14O8. The van der Waals surface area contributed by atoms with Crippen LogP contribution in [-0.2, 0) is 22.4 Å². The maximum absolute atomic E-state index is 10.7. The van der Waals surface area contributed by atoms with E-state index < -0.39 is 23.9 Å². The fraction of sp³-hybridized carbons (Fsp3) is 0.286. The van der Waals surface area contributed by atoms with Gasteiger partial charge in [-0.05, 0) is 36.1 Å². The molecule has 2 rings (SSSR count). The molecule has 0 amide bonds. The van der Waals surface area contributed by atoms with E-state index in [0.29, 0.717) is 24.0 Å². The first-order valence-electron chi connectivity index (χ1n) is 6.29. The van der Waals surface area contributed by atoms with Gasteiger partial charge in [0.15, 0.2) is 0 Å². The third kappa shape index (κ3) is 4.30. The van der Waals surface area contributed by atoms with E-state index in [0.717, 1.165) is 0 Å². The average Bonchev–Trinajstić information content (AvgIpc) is 2.37. The third-order valence-corrected chi connectivity index (χ3v) is 3.07. The summed E-state index contributed by atoms with van der Waals surface area (Å²) in [4.78, 5) is 40.8. The molecule has 0 fully saturated rings. The number of hydrogen-bond acceptors (Lipinski definition) is 4. The zero-order chi connectivity index (χ0) is 16.9. The van der Waals surface area contributed by atoms with Crippen molar-refractivity contribution < 1.29 is 39.6 Å². The van der Waals surface area contributed by atoms with Crippen LogP contribution in [0.15, 0.2) is 12.1 Å². The predicted molar refractivity (Wildman–Crippen MR) is 72.3 cm³/mol. The van der Waals surface area contributed by atoms with Crippen molar-refractivity contribution in [2.45, 2.75) is 25.7 Å². The molecular weight excluding hydrogens is 296 g/mol. The summed E-state index contributed by atoms with van der Waals surface area (Å²) in [5.74, 6) is -4.13. The summed E-state index contributed by atoms with van der Waals surface area (Å²) >= 11 is 0. The van der Waals surface area contributed by atoms with Gasteiger partial charge in [-0.15, -0.1) is 0 Å². The van der Waals surface area contributed by atoms with Gasteiger partial charge in [-0.2, -0.15) is 0 Å². The molecule has 118 valence electrons. The minimum atomic E-state index is -1.08. The van der Waals surface area contributed by atoms with Crippen LogP contribution in [-0.4, -0.2) is 44.3 Å². The maximum Gasteiger partial charge on any atom is 0.335 e. The Hall–Kier alpha value is -2.90. The molecule has 1 aliphatic rings. The molecule has 0 aliphatic heterocycles. The van der Waals surface area contributed by atoms with E-state index in [1.165, 1.54) is 12.1 Å². The fourth-order valence-corrected chi connectivity index (χ4v) is 1.95. The van der Waals surface area contributed by atoms with Crippen LogP contribution < -0.4 is 0 Å². The lowest BCUT2D eigenvalue weighted by Crippen LogP contribution is -2.19. The first-order valence-corrected chi connectivity index (χ1v) is 6.29. The quantitative estimate of drug-likeness (QED) is 0.632. The summed E-state index contributed by atoms with van der Waals surface area (Å²) in [7, 11) is 0. The number of carbonyl (C=O) groups is 4. The van der Waals surface area contributed by atoms with Crippen LogP contribution in [0.5, 0.6) is 0 Å². The second-order valence-electron chi connectivity index (χ2n) is 4.52. The van der Waals surface area contributed by atoms with E-state index in [1.807, 2.05) is 0 Å². The van der Waals surface area contributed by atoms with Crippen LogP contribution >= 0.6 is 0 Å². The molecule has 1 aromatic rings. The van der Waals surface area contributed by atoms with Crippen molar-refractivity contribution in [1.29, 1.82) is 0 Å². The SMILES string of the molecule is O=C(O)CCC(=O)O.O=C(O)c1ccc(C(=O)O)c2c1CC2. The number of carboxylic acids is 4. The van der Waals surface area contributed by atoms with Crippen LogP contribution in [0.1, 0.15) is 44.7 Å². The summed E-state index contributed by atoms with van der Waals surface area (Å²) in [5, 5.41) is 33.4. The molecule has 0 atom stereocenters. The van der Waals surface area contributed by atoms with Gasteiger partial charge in [-0.1, -0.05) is 0 Å². The van der Waals surface area contributed by atoms with E-state index in [-0.39, 0.29) is 24.0 Å². The van der Waals surface area contributed by atoms with Gasteiger partial charge in [-0.3, -0.25) is 9.59 Å². The zero-order valence-electron chi connectivity index (χ0n) is 11.4. The van der Waals surface area contributed by atoms with Crippen molar-refractivity contribution in [3.05, 3.63) is 34.4 Å². The fourth-order valence-electron chi connectivity index (χ4n) is 1.95. The van der Waals surface area contributed by atoms with Crippen LogP contribution in [0.3, 0.4) is 0 Å². The smallest absolute Gasteiger partial charge is 0.335 e. The number of aromatic carboxylic acids is 2. The summed E-state index contributed by atoms with van der Waals surface area (Å²) in [6.07, 6.45) is 0.737. The minimum absolute atomic E-state index is 0.233. The number of aliphatic carboxylic acids is 2. The van der Waals surface area contributed by atoms with Gasteiger partial charge >= 0.3 is 23.9 Å². The van der Waals surface area contributed by atoms with Crippen LogP contribution in [0.25, 0.3) is 0 Å². The Morgan fingerprint density at radius 1 is 0.727 bits per heavy atom. The van der Waals surface area contributed by atoms with Gasteiger partial charge < -0.3 is 20.4 Å². The number of benzene rings is 1. The van der Waals surface area contributed by atoms with E-state index in [4.69, 9.17) is 20.4 Å². The highest BCUT2D eigenvalue weighted by molar-refractivity contribution is 5.96. The first kappa shape index (κ1) is 17.2. The van der Waals surface area contributed by atoms with Gasteiger partial charge in [-0.25, -0.2) is 9.59 Å². The summed E-state index contributed by atoms with van der Waals surface area (Å²) in [6.45, 7) is 0. The highest BCUT2D eigenvalue weighted by Gasteiger charge is 2.26. The topological polar surface area (TPSA) is 149 Å². The van der Waals surface area contributed by atoms with Gasteiger partial charge in [0.05, 0.1) is 24.0 Å². The Morgan fingerprint density at radius 3 is 1.23 bits per heavy atom. The molecule has 0 aromatic heterocycles. The molecule has 0 unspecified atom stereocenters. The van der Waals surface area contributed by atoms with Crippen molar-refractivity contribution in [2.75, 3.05) is 0 Å². The molecule has 1 aromatic carbocycles. The third-order valence-electron chi connectivity index (χ3n) is 3.07. The van der Waals surface area contributed by atoms with Gasteiger partial charge in [0.2, 0.25) is 0 Å². The molecule has 0 heterocycles. The Labute approximate surface area is 124 Å². The summed E-state index contributed by atoms with van der Waals surface area (Å²) < 4.78 is 0. The molecule has 0 bridgehead atoms. The first-order chi connectivity index (χ1) is 10.2. The van der Waals surface area contributed by atoms with E-state index in [9.17, 15) is 19.2 Å². The van der Waals surface area contributed by atoms with E-state index >= 15 is 0 Å². The average molecular weight is 310 g/mol. The van der Waals surface area contributed by atoms with Crippen molar-refractivity contribution in [1.82, 2.24) is 0 Å². The zero-order valence-corrected chi connectivity index (χ0v) is 11.4. The standard InChI is InChI=1S/C10H8O4.C4H6O4/c11-9(12)7-3-4-8(10(13)14)6-2-1-5(6)7;5-3(6)1-2-4(7)8/h3-4H,1-2H2,(H,11,12)(H,13,14);1-2H2,(H,5,6)(H,7,8). The maximum atomic E-state index is 10.7. The number of fused-ring (bicyclic) bond motifs is 1. The summed E-state index contributed by atoms with van der Waals surface area (Å²) in [5.41, 5.74) is 1.82. The molecule has 0 spiro atoms. The normalized spacial score (nSPS) is 11.3. The van der Waals surface area contributed by atoms with Gasteiger partial charge in [0.1, 0.15) is 0 Å². The van der Waals surface area contributed by atoms with E-state index in [1.54, 1.807) is 0 Å². The highest BCUT2D eigenvalue weighted by atomic mass is 16.4.